The van der Waals surface area contributed by atoms with Crippen LogP contribution in [0.15, 0.2) is 0 Å². The van der Waals surface area contributed by atoms with Gasteiger partial charge >= 0.3 is 39.6 Å². The number of Topliss-reactive ketones (excluding diaryl/α,β-unsaturated/α-hetero) is 2. The van der Waals surface area contributed by atoms with E-state index in [1.165, 1.54) is 11.3 Å². The average Bonchev–Trinajstić information content (AvgIpc) is 2.18. The van der Waals surface area contributed by atoms with Gasteiger partial charge in [0.15, 0.2) is 0 Å². The summed E-state index contributed by atoms with van der Waals surface area (Å²) in [6.45, 7) is 7.13. The quantitative estimate of drug-likeness (QED) is 0.422. The number of rotatable bonds is 3. The SMILES string of the molecule is C.CCC(=O)C(C)Br.CCC(C)=O.[Br][Cu][Br]. The molecule has 0 aromatic heterocycles. The Kier molecular flexibility index (Phi) is 35.0. The number of carbonyl (C=O) groups is 2. The van der Waals surface area contributed by atoms with E-state index in [4.69, 9.17) is 0 Å². The molecule has 0 heterocycles. The monoisotopic (exact) mass is 473 g/mol. The number of alkyl halides is 1. The summed E-state index contributed by atoms with van der Waals surface area (Å²) >= 11 is 10.5. The molecule has 0 saturated carbocycles. The third kappa shape index (κ3) is 36.2. The first kappa shape index (κ1) is 26.0. The van der Waals surface area contributed by atoms with E-state index in [1.54, 1.807) is 6.92 Å². The van der Waals surface area contributed by atoms with Crippen molar-refractivity contribution in [3.05, 3.63) is 0 Å². The first-order valence-electron chi connectivity index (χ1n) is 4.34. The van der Waals surface area contributed by atoms with Gasteiger partial charge in [0.2, 0.25) is 0 Å². The minimum atomic E-state index is 0. The molecule has 0 aromatic carbocycles. The van der Waals surface area contributed by atoms with Crippen molar-refractivity contribution in [2.45, 2.75) is 52.8 Å². The van der Waals surface area contributed by atoms with E-state index in [0.29, 0.717) is 12.8 Å². The Hall–Kier alpha value is 1.30. The number of hydrogen-bond acceptors (Lipinski definition) is 2. The zero-order chi connectivity index (χ0) is 12.9. The fourth-order valence-corrected chi connectivity index (χ4v) is 0.605. The van der Waals surface area contributed by atoms with Crippen LogP contribution in [0.5, 0.6) is 0 Å². The topological polar surface area (TPSA) is 34.1 Å². The fourth-order valence-electron chi connectivity index (χ4n) is 0.281. The summed E-state index contributed by atoms with van der Waals surface area (Å²) in [7, 11) is 0. The summed E-state index contributed by atoms with van der Waals surface area (Å²) in [5.74, 6) is 0.519. The fraction of sp³-hybridized carbons (Fsp3) is 0.800. The predicted octanol–water partition coefficient (Wildman–Crippen LogP) is 5.06. The summed E-state index contributed by atoms with van der Waals surface area (Å²) in [5, 5.41) is 0. The van der Waals surface area contributed by atoms with Crippen molar-refractivity contribution in [2.24, 2.45) is 0 Å². The van der Waals surface area contributed by atoms with E-state index in [0.717, 1.165) is 0 Å². The Morgan fingerprint density at radius 1 is 1.19 bits per heavy atom. The van der Waals surface area contributed by atoms with Gasteiger partial charge in [-0.1, -0.05) is 37.2 Å². The molecule has 0 rings (SSSR count). The molecule has 105 valence electrons. The van der Waals surface area contributed by atoms with Gasteiger partial charge in [-0.15, -0.1) is 0 Å². The molecule has 0 saturated heterocycles. The van der Waals surface area contributed by atoms with Crippen LogP contribution in [-0.4, -0.2) is 16.4 Å². The first-order valence-corrected chi connectivity index (χ1v) is 9.91. The Morgan fingerprint density at radius 3 is 1.44 bits per heavy atom. The van der Waals surface area contributed by atoms with Crippen molar-refractivity contribution in [3.63, 3.8) is 0 Å². The van der Waals surface area contributed by atoms with Crippen LogP contribution in [0.25, 0.3) is 0 Å². The second-order valence-corrected chi connectivity index (χ2v) is 8.66. The van der Waals surface area contributed by atoms with E-state index in [1.807, 2.05) is 20.8 Å². The molecular formula is C10H21Br3CuO2. The third-order valence-corrected chi connectivity index (χ3v) is 1.80. The maximum absolute atomic E-state index is 10.5. The molecule has 1 atom stereocenters. The van der Waals surface area contributed by atoms with Crippen molar-refractivity contribution >= 4 is 55.7 Å². The van der Waals surface area contributed by atoms with Crippen LogP contribution in [0.2, 0.25) is 0 Å². The molecule has 16 heavy (non-hydrogen) atoms. The number of ketones is 2. The molecule has 0 aliphatic carbocycles. The average molecular weight is 477 g/mol. The first-order chi connectivity index (χ1) is 6.87. The molecule has 0 aromatic rings. The summed E-state index contributed by atoms with van der Waals surface area (Å²) in [4.78, 5) is 20.3. The standard InChI is InChI=1S/C5H9BrO.C4H8O.CH4.2BrH.Cu/c1-3-5(7)4(2)6;1-3-4(2)5;;;;/h4H,3H2,1-2H3;3H2,1-2H3;1H4;2*1H;/q;;;;;+2/p-2. The minimum absolute atomic E-state index is 0. The molecule has 0 amide bonds. The van der Waals surface area contributed by atoms with Crippen LogP contribution in [-0.2, 0) is 20.9 Å². The van der Waals surface area contributed by atoms with Crippen LogP contribution in [0.4, 0.5) is 0 Å². The Morgan fingerprint density at radius 2 is 1.44 bits per heavy atom. The third-order valence-electron chi connectivity index (χ3n) is 1.29. The van der Waals surface area contributed by atoms with E-state index < -0.39 is 0 Å². The van der Waals surface area contributed by atoms with E-state index in [9.17, 15) is 9.59 Å². The van der Waals surface area contributed by atoms with Gasteiger partial charge in [0.05, 0.1) is 4.83 Å². The molecule has 1 unspecified atom stereocenters. The zero-order valence-corrected chi connectivity index (χ0v) is 14.9. The molecule has 0 N–H and O–H groups in total. The van der Waals surface area contributed by atoms with Gasteiger partial charge in [0.1, 0.15) is 11.6 Å². The van der Waals surface area contributed by atoms with Crippen LogP contribution in [0, 0.1) is 0 Å². The summed E-state index contributed by atoms with van der Waals surface area (Å²) < 4.78 is 0. The van der Waals surface area contributed by atoms with Gasteiger partial charge in [0.25, 0.3) is 0 Å². The molecule has 0 radical (unpaired) electrons. The van der Waals surface area contributed by atoms with Gasteiger partial charge in [-0.25, -0.2) is 0 Å². The molecule has 2 nitrogen and oxygen atoms in total. The zero-order valence-electron chi connectivity index (χ0n) is 9.24. The number of hydrogen-bond donors (Lipinski definition) is 0. The normalized spacial score (nSPS) is 9.69. The van der Waals surface area contributed by atoms with E-state index in [2.05, 4.69) is 44.2 Å². The number of halogens is 3. The Bertz CT molecular complexity index is 164. The maximum atomic E-state index is 10.5. The predicted molar refractivity (Wildman–Crippen MR) is 79.2 cm³/mol. The van der Waals surface area contributed by atoms with Gasteiger partial charge < -0.3 is 4.79 Å². The van der Waals surface area contributed by atoms with Crippen LogP contribution >= 0.6 is 44.2 Å². The summed E-state index contributed by atoms with van der Waals surface area (Å²) in [6, 6.07) is 0. The van der Waals surface area contributed by atoms with Crippen molar-refractivity contribution in [3.8, 4) is 0 Å². The Labute approximate surface area is 128 Å². The molecule has 6 heteroatoms. The molecule has 0 aliphatic heterocycles. The van der Waals surface area contributed by atoms with Crippen molar-refractivity contribution in [2.75, 3.05) is 0 Å². The molecular weight excluding hydrogens is 455 g/mol. The molecule has 0 bridgehead atoms. The van der Waals surface area contributed by atoms with Crippen molar-refractivity contribution in [1.29, 1.82) is 0 Å². The van der Waals surface area contributed by atoms with E-state index in [-0.39, 0.29) is 23.8 Å². The second-order valence-electron chi connectivity index (χ2n) is 2.53. The van der Waals surface area contributed by atoms with Crippen LogP contribution in [0.1, 0.15) is 48.0 Å². The Balaban J connectivity index is -0.0000000710. The van der Waals surface area contributed by atoms with Gasteiger partial charge in [-0.3, -0.25) is 4.79 Å². The van der Waals surface area contributed by atoms with Gasteiger partial charge in [-0.05, 0) is 13.8 Å². The summed E-state index contributed by atoms with van der Waals surface area (Å²) in [6.07, 6.45) is 1.30. The van der Waals surface area contributed by atoms with Crippen LogP contribution in [0.3, 0.4) is 0 Å². The van der Waals surface area contributed by atoms with Gasteiger partial charge in [0, 0.05) is 12.8 Å². The molecule has 0 fully saturated rings. The van der Waals surface area contributed by atoms with Gasteiger partial charge in [-0.2, -0.15) is 0 Å². The van der Waals surface area contributed by atoms with Crippen molar-refractivity contribution < 1.29 is 20.9 Å². The van der Waals surface area contributed by atoms with Crippen molar-refractivity contribution in [1.82, 2.24) is 0 Å². The molecule has 0 spiro atoms. The molecule has 0 aliphatic rings. The summed E-state index contributed by atoms with van der Waals surface area (Å²) in [5.41, 5.74) is 0. The second kappa shape index (κ2) is 21.6. The van der Waals surface area contributed by atoms with E-state index >= 15 is 0 Å². The number of carbonyl (C=O) groups excluding carboxylic acids is 2. The van der Waals surface area contributed by atoms with Crippen LogP contribution < -0.4 is 0 Å².